The first-order valence-corrected chi connectivity index (χ1v) is 18.8. The molecule has 0 saturated carbocycles. The van der Waals surface area contributed by atoms with Crippen molar-refractivity contribution in [3.05, 3.63) is 173 Å². The Labute approximate surface area is 365 Å². The molecule has 0 aliphatic rings. The molecule has 0 unspecified atom stereocenters. The molecule has 0 aliphatic carbocycles. The zero-order valence-corrected chi connectivity index (χ0v) is 35.3. The van der Waals surface area contributed by atoms with Gasteiger partial charge in [-0.3, -0.25) is 34.6 Å². The topological polar surface area (TPSA) is 300 Å². The van der Waals surface area contributed by atoms with Crippen LogP contribution < -0.4 is 44.2 Å². The van der Waals surface area contributed by atoms with E-state index in [1.807, 2.05) is 50.1 Å². The number of anilines is 8. The summed E-state index contributed by atoms with van der Waals surface area (Å²) in [7, 11) is 7.64. The van der Waals surface area contributed by atoms with Crippen LogP contribution in [0.1, 0.15) is 47.8 Å². The summed E-state index contributed by atoms with van der Waals surface area (Å²) in [5.41, 5.74) is 39.0. The van der Waals surface area contributed by atoms with Crippen molar-refractivity contribution in [2.75, 3.05) is 72.4 Å². The van der Waals surface area contributed by atoms with Crippen molar-refractivity contribution >= 4 is 97.4 Å². The smallest absolute Gasteiger partial charge is 0.292 e. The molecule has 6 aromatic carbocycles. The summed E-state index contributed by atoms with van der Waals surface area (Å²) >= 11 is 11.6. The molecule has 12 N–H and O–H groups in total. The molecule has 0 amide bonds. The van der Waals surface area contributed by atoms with Gasteiger partial charge in [-0.1, -0.05) is 23.2 Å². The van der Waals surface area contributed by atoms with Crippen LogP contribution in [0.15, 0.2) is 109 Å². The van der Waals surface area contributed by atoms with Gasteiger partial charge in [-0.15, -0.1) is 0 Å². The number of nitro benzene ring substituents is 2. The predicted octanol–water partition coefficient (Wildman–Crippen LogP) is 7.50. The fourth-order valence-electron chi connectivity index (χ4n) is 5.76. The van der Waals surface area contributed by atoms with Crippen molar-refractivity contribution < 1.29 is 24.2 Å². The standard InChI is InChI=1S/C17H22N4O.C13H10Cl2N2O.C13H10N4O5/c1-20(2)15-7-5-11(9-13(15)18)17(22)12-6-8-16(21(3)4)14(19)10-12;14-9-3-1-7(5-11(9)16)13(18)8-2-4-10(15)12(17)6-8;14-9-3-1-7(5-11(9)16(19)20)13(18)8-2-4-10(15)12(6-8)17(21)22/h5-10H,18-19H2,1-4H3;1-6H,16-17H2;1-6H,14-15H2. The Morgan fingerprint density at radius 1 is 0.419 bits per heavy atom. The molecular formula is C43H42Cl2N10O7. The SMILES string of the molecule is CN(C)c1ccc(C(=O)c2ccc(N(C)C)c(N)c2)cc1N.Nc1cc(C(=O)c2ccc(Cl)c(N)c2)ccc1Cl.Nc1ccc(C(=O)c2ccc(N)c([N+](=O)[O-])c2)cc1[N+](=O)[O-]. The maximum absolute atomic E-state index is 12.6. The lowest BCUT2D eigenvalue weighted by Crippen LogP contribution is -2.13. The molecule has 0 spiro atoms. The van der Waals surface area contributed by atoms with E-state index in [0.717, 1.165) is 23.5 Å². The summed E-state index contributed by atoms with van der Waals surface area (Å²) < 4.78 is 0. The van der Waals surface area contributed by atoms with Gasteiger partial charge in [0, 0.05) is 73.7 Å². The van der Waals surface area contributed by atoms with Crippen LogP contribution in [0.4, 0.5) is 56.9 Å². The Kier molecular flexibility index (Phi) is 15.0. The monoisotopic (exact) mass is 880 g/mol. The lowest BCUT2D eigenvalue weighted by molar-refractivity contribution is -0.384. The van der Waals surface area contributed by atoms with Crippen LogP contribution in [0.5, 0.6) is 0 Å². The second-order valence-electron chi connectivity index (χ2n) is 13.9. The minimum Gasteiger partial charge on any atom is -0.398 e. The molecule has 0 aliphatic heterocycles. The summed E-state index contributed by atoms with van der Waals surface area (Å²) in [6.45, 7) is 0. The van der Waals surface area contributed by atoms with Gasteiger partial charge in [-0.25, -0.2) is 0 Å². The van der Waals surface area contributed by atoms with Gasteiger partial charge in [0.1, 0.15) is 11.4 Å². The molecule has 0 atom stereocenters. The molecule has 19 heteroatoms. The third-order valence-corrected chi connectivity index (χ3v) is 9.73. The first-order chi connectivity index (χ1) is 29.1. The Hall–Kier alpha value is -7.89. The van der Waals surface area contributed by atoms with E-state index in [0.29, 0.717) is 55.0 Å². The highest BCUT2D eigenvalue weighted by Crippen LogP contribution is 2.29. The fourth-order valence-corrected chi connectivity index (χ4v) is 6.00. The van der Waals surface area contributed by atoms with Crippen LogP contribution >= 0.6 is 23.2 Å². The third kappa shape index (κ3) is 11.2. The van der Waals surface area contributed by atoms with Gasteiger partial charge in [0.25, 0.3) is 11.4 Å². The fraction of sp³-hybridized carbons (Fsp3) is 0.0930. The molecule has 0 heterocycles. The van der Waals surface area contributed by atoms with Crippen molar-refractivity contribution in [2.24, 2.45) is 0 Å². The molecule has 0 radical (unpaired) electrons. The molecule has 0 bridgehead atoms. The number of nitrogen functional groups attached to an aromatic ring is 6. The van der Waals surface area contributed by atoms with Crippen LogP contribution in [-0.2, 0) is 0 Å². The number of ketones is 3. The van der Waals surface area contributed by atoms with Crippen molar-refractivity contribution in [3.63, 3.8) is 0 Å². The van der Waals surface area contributed by atoms with Crippen LogP contribution in [0.3, 0.4) is 0 Å². The Bertz CT molecular complexity index is 2550. The molecule has 6 aromatic rings. The number of nitro groups is 2. The summed E-state index contributed by atoms with van der Waals surface area (Å²) in [6.07, 6.45) is 0. The van der Waals surface area contributed by atoms with Crippen LogP contribution in [0.25, 0.3) is 0 Å². The maximum atomic E-state index is 12.6. The molecule has 17 nitrogen and oxygen atoms in total. The van der Waals surface area contributed by atoms with E-state index in [1.165, 1.54) is 36.4 Å². The zero-order valence-electron chi connectivity index (χ0n) is 33.8. The number of halogens is 2. The van der Waals surface area contributed by atoms with Gasteiger partial charge in [-0.05, 0) is 97.1 Å². The van der Waals surface area contributed by atoms with Gasteiger partial charge in [0.15, 0.2) is 17.3 Å². The van der Waals surface area contributed by atoms with E-state index in [9.17, 15) is 34.6 Å². The molecule has 0 saturated heterocycles. The number of carbonyl (C=O) groups excluding carboxylic acids is 3. The van der Waals surface area contributed by atoms with Crippen molar-refractivity contribution in [2.45, 2.75) is 0 Å². The van der Waals surface area contributed by atoms with Gasteiger partial charge in [0.05, 0.1) is 54.0 Å². The van der Waals surface area contributed by atoms with Crippen LogP contribution in [-0.4, -0.2) is 55.4 Å². The molecular weight excluding hydrogens is 839 g/mol. The summed E-state index contributed by atoms with van der Waals surface area (Å²) in [6, 6.07) is 27.3. The Morgan fingerprint density at radius 2 is 0.677 bits per heavy atom. The summed E-state index contributed by atoms with van der Waals surface area (Å²) in [5.74, 6) is -0.873. The normalized spacial score (nSPS) is 10.3. The Balaban J connectivity index is 0.000000206. The first-order valence-electron chi connectivity index (χ1n) is 18.1. The molecule has 320 valence electrons. The van der Waals surface area contributed by atoms with Gasteiger partial charge >= 0.3 is 0 Å². The number of carbonyl (C=O) groups is 3. The number of rotatable bonds is 10. The van der Waals surface area contributed by atoms with E-state index in [1.54, 1.807) is 48.5 Å². The van der Waals surface area contributed by atoms with Crippen LogP contribution in [0.2, 0.25) is 10.0 Å². The number of nitrogens with two attached hydrogens (primary N) is 6. The van der Waals surface area contributed by atoms with E-state index in [2.05, 4.69) is 0 Å². The largest absolute Gasteiger partial charge is 0.398 e. The highest BCUT2D eigenvalue weighted by molar-refractivity contribution is 6.34. The lowest BCUT2D eigenvalue weighted by Gasteiger charge is -2.17. The quantitative estimate of drug-likeness (QED) is 0.0336. The second-order valence-corrected chi connectivity index (χ2v) is 14.7. The van der Waals surface area contributed by atoms with Crippen molar-refractivity contribution in [1.29, 1.82) is 0 Å². The second kappa shape index (κ2) is 19.9. The van der Waals surface area contributed by atoms with Crippen LogP contribution in [0, 0.1) is 20.2 Å². The summed E-state index contributed by atoms with van der Waals surface area (Å²) in [4.78, 5) is 61.1. The van der Waals surface area contributed by atoms with Gasteiger partial charge < -0.3 is 44.2 Å². The van der Waals surface area contributed by atoms with E-state index >= 15 is 0 Å². The third-order valence-electron chi connectivity index (χ3n) is 9.04. The minimum atomic E-state index is -0.711. The highest BCUT2D eigenvalue weighted by Gasteiger charge is 2.20. The van der Waals surface area contributed by atoms with E-state index in [4.69, 9.17) is 57.6 Å². The minimum absolute atomic E-state index is 0.0000283. The molecule has 6 rings (SSSR count). The number of benzene rings is 6. The van der Waals surface area contributed by atoms with Crippen molar-refractivity contribution in [1.82, 2.24) is 0 Å². The predicted molar refractivity (Wildman–Crippen MR) is 247 cm³/mol. The number of hydrogen-bond acceptors (Lipinski definition) is 15. The number of hydrogen-bond donors (Lipinski definition) is 6. The average Bonchev–Trinajstić information content (AvgIpc) is 3.22. The summed E-state index contributed by atoms with van der Waals surface area (Å²) in [5, 5.41) is 22.5. The first kappa shape index (κ1) is 46.8. The molecule has 62 heavy (non-hydrogen) atoms. The lowest BCUT2D eigenvalue weighted by atomic mass is 10.0. The number of nitrogens with zero attached hydrogens (tertiary/aromatic N) is 4. The average molecular weight is 882 g/mol. The molecule has 0 fully saturated rings. The van der Waals surface area contributed by atoms with Gasteiger partial charge in [0.2, 0.25) is 0 Å². The van der Waals surface area contributed by atoms with Crippen molar-refractivity contribution in [3.8, 4) is 0 Å². The maximum Gasteiger partial charge on any atom is 0.292 e. The zero-order chi connectivity index (χ0) is 46.2. The van der Waals surface area contributed by atoms with Gasteiger partial charge in [-0.2, -0.15) is 0 Å². The van der Waals surface area contributed by atoms with E-state index < -0.39 is 27.0 Å². The highest BCUT2D eigenvalue weighted by atomic mass is 35.5. The Morgan fingerprint density at radius 3 is 0.935 bits per heavy atom. The van der Waals surface area contributed by atoms with E-state index in [-0.39, 0.29) is 34.1 Å². The molecule has 0 aromatic heterocycles.